The smallest absolute Gasteiger partial charge is 0.252 e. The zero-order valence-corrected chi connectivity index (χ0v) is 19.5. The Morgan fingerprint density at radius 2 is 1.59 bits per heavy atom. The number of hydrogen-bond acceptors (Lipinski definition) is 6. The number of carbonyl (C=O) groups excluding carboxylic acids is 3. The second kappa shape index (κ2) is 10.2. The van der Waals surface area contributed by atoms with Crippen LogP contribution in [0.1, 0.15) is 48.9 Å². The Morgan fingerprint density at radius 1 is 0.882 bits per heavy atom. The van der Waals surface area contributed by atoms with Crippen molar-refractivity contribution in [3.63, 3.8) is 0 Å². The SMILES string of the molecule is O=C(N[C@H](C(=O)N1CCOCC1)C1CCN(C(=O)C2CCCC2)CC1)c1ccc2c(c1)OCO2. The summed E-state index contributed by atoms with van der Waals surface area (Å²) in [7, 11) is 0. The lowest BCUT2D eigenvalue weighted by Gasteiger charge is -2.39. The lowest BCUT2D eigenvalue weighted by Crippen LogP contribution is -2.56. The lowest BCUT2D eigenvalue weighted by molar-refractivity contribution is -0.140. The van der Waals surface area contributed by atoms with Gasteiger partial charge in [0, 0.05) is 37.7 Å². The van der Waals surface area contributed by atoms with Gasteiger partial charge in [-0.05, 0) is 49.8 Å². The van der Waals surface area contributed by atoms with E-state index >= 15 is 0 Å². The third-order valence-electron chi connectivity index (χ3n) is 7.54. The van der Waals surface area contributed by atoms with Crippen molar-refractivity contribution in [2.75, 3.05) is 46.2 Å². The van der Waals surface area contributed by atoms with E-state index in [1.54, 1.807) is 23.1 Å². The molecular weight excluding hydrogens is 438 g/mol. The summed E-state index contributed by atoms with van der Waals surface area (Å²) in [4.78, 5) is 43.3. The third-order valence-corrected chi connectivity index (χ3v) is 7.54. The van der Waals surface area contributed by atoms with Crippen LogP contribution in [0.15, 0.2) is 18.2 Å². The van der Waals surface area contributed by atoms with Crippen LogP contribution in [0.4, 0.5) is 0 Å². The van der Waals surface area contributed by atoms with Crippen molar-refractivity contribution < 1.29 is 28.6 Å². The first-order valence-corrected chi connectivity index (χ1v) is 12.5. The Morgan fingerprint density at radius 3 is 2.32 bits per heavy atom. The summed E-state index contributed by atoms with van der Waals surface area (Å²) < 4.78 is 16.1. The van der Waals surface area contributed by atoms with Crippen molar-refractivity contribution in [1.29, 1.82) is 0 Å². The first-order chi connectivity index (χ1) is 16.6. The maximum atomic E-state index is 13.5. The van der Waals surface area contributed by atoms with Gasteiger partial charge in [0.1, 0.15) is 6.04 Å². The number of ether oxygens (including phenoxy) is 3. The van der Waals surface area contributed by atoms with Crippen LogP contribution in [-0.2, 0) is 14.3 Å². The van der Waals surface area contributed by atoms with Crippen LogP contribution >= 0.6 is 0 Å². The fourth-order valence-corrected chi connectivity index (χ4v) is 5.51. The summed E-state index contributed by atoms with van der Waals surface area (Å²) >= 11 is 0. The molecule has 0 spiro atoms. The molecule has 5 rings (SSSR count). The number of amides is 3. The zero-order valence-electron chi connectivity index (χ0n) is 19.5. The van der Waals surface area contributed by atoms with Gasteiger partial charge in [0.15, 0.2) is 11.5 Å². The van der Waals surface area contributed by atoms with E-state index in [2.05, 4.69) is 5.32 Å². The molecule has 1 aromatic rings. The van der Waals surface area contributed by atoms with Gasteiger partial charge in [0.25, 0.3) is 5.91 Å². The molecule has 1 aliphatic carbocycles. The molecule has 1 aromatic carbocycles. The fourth-order valence-electron chi connectivity index (χ4n) is 5.51. The summed E-state index contributed by atoms with van der Waals surface area (Å²) in [6, 6.07) is 4.40. The van der Waals surface area contributed by atoms with Crippen molar-refractivity contribution in [3.05, 3.63) is 23.8 Å². The van der Waals surface area contributed by atoms with Crippen LogP contribution in [0.5, 0.6) is 11.5 Å². The van der Waals surface area contributed by atoms with Gasteiger partial charge in [-0.15, -0.1) is 0 Å². The number of carbonyl (C=O) groups is 3. The molecule has 3 amide bonds. The predicted molar refractivity (Wildman–Crippen MR) is 122 cm³/mol. The average molecular weight is 472 g/mol. The van der Waals surface area contributed by atoms with Gasteiger partial charge in [0.05, 0.1) is 13.2 Å². The number of hydrogen-bond donors (Lipinski definition) is 1. The average Bonchev–Trinajstić information content (AvgIpc) is 3.59. The maximum absolute atomic E-state index is 13.5. The number of fused-ring (bicyclic) bond motifs is 1. The van der Waals surface area contributed by atoms with E-state index in [0.29, 0.717) is 69.3 Å². The molecule has 9 heteroatoms. The Balaban J connectivity index is 1.28. The van der Waals surface area contributed by atoms with E-state index in [1.165, 1.54) is 0 Å². The normalized spacial score (nSPS) is 22.0. The number of nitrogens with zero attached hydrogens (tertiary/aromatic N) is 2. The number of nitrogens with one attached hydrogen (secondary N) is 1. The van der Waals surface area contributed by atoms with Crippen LogP contribution in [0.3, 0.4) is 0 Å². The molecule has 34 heavy (non-hydrogen) atoms. The highest BCUT2D eigenvalue weighted by atomic mass is 16.7. The molecule has 4 aliphatic rings. The van der Waals surface area contributed by atoms with Gasteiger partial charge in [-0.25, -0.2) is 0 Å². The molecular formula is C25H33N3O6. The molecule has 3 aliphatic heterocycles. The highest BCUT2D eigenvalue weighted by Crippen LogP contribution is 2.33. The quantitative estimate of drug-likeness (QED) is 0.704. The highest BCUT2D eigenvalue weighted by molar-refractivity contribution is 5.98. The van der Waals surface area contributed by atoms with Gasteiger partial charge in [-0.2, -0.15) is 0 Å². The second-order valence-electron chi connectivity index (χ2n) is 9.60. The first-order valence-electron chi connectivity index (χ1n) is 12.5. The fraction of sp³-hybridized carbons (Fsp3) is 0.640. The van der Waals surface area contributed by atoms with Crippen LogP contribution in [0.2, 0.25) is 0 Å². The van der Waals surface area contributed by atoms with Crippen LogP contribution in [0, 0.1) is 11.8 Å². The van der Waals surface area contributed by atoms with E-state index in [1.807, 2.05) is 4.90 Å². The Bertz CT molecular complexity index is 917. The van der Waals surface area contributed by atoms with E-state index < -0.39 is 6.04 Å². The highest BCUT2D eigenvalue weighted by Gasteiger charge is 2.38. The minimum atomic E-state index is -0.639. The minimum Gasteiger partial charge on any atom is -0.454 e. The molecule has 184 valence electrons. The molecule has 3 heterocycles. The van der Waals surface area contributed by atoms with Crippen molar-refractivity contribution in [1.82, 2.24) is 15.1 Å². The molecule has 1 N–H and O–H groups in total. The number of likely N-dealkylation sites (tertiary alicyclic amines) is 1. The number of piperidine rings is 1. The molecule has 2 saturated heterocycles. The molecule has 0 aromatic heterocycles. The van der Waals surface area contributed by atoms with E-state index in [4.69, 9.17) is 14.2 Å². The van der Waals surface area contributed by atoms with E-state index in [0.717, 1.165) is 25.7 Å². The van der Waals surface area contributed by atoms with Crippen LogP contribution in [-0.4, -0.2) is 79.7 Å². The molecule has 1 atom stereocenters. The Labute approximate surface area is 199 Å². The summed E-state index contributed by atoms with van der Waals surface area (Å²) in [5.41, 5.74) is 0.429. The second-order valence-corrected chi connectivity index (χ2v) is 9.60. The summed E-state index contributed by atoms with van der Waals surface area (Å²) in [5.74, 6) is 1.15. The third kappa shape index (κ3) is 4.85. The minimum absolute atomic E-state index is 0.0269. The number of morpholine rings is 1. The zero-order chi connectivity index (χ0) is 23.5. The number of benzene rings is 1. The summed E-state index contributed by atoms with van der Waals surface area (Å²) in [6.07, 6.45) is 5.63. The van der Waals surface area contributed by atoms with Gasteiger partial charge in [-0.3, -0.25) is 14.4 Å². The van der Waals surface area contributed by atoms with Crippen molar-refractivity contribution in [3.8, 4) is 11.5 Å². The van der Waals surface area contributed by atoms with E-state index in [-0.39, 0.29) is 36.4 Å². The molecule has 1 saturated carbocycles. The molecule has 0 bridgehead atoms. The lowest BCUT2D eigenvalue weighted by atomic mass is 9.87. The van der Waals surface area contributed by atoms with Gasteiger partial charge in [0.2, 0.25) is 18.6 Å². The monoisotopic (exact) mass is 471 g/mol. The first kappa shape index (κ1) is 23.0. The van der Waals surface area contributed by atoms with Crippen molar-refractivity contribution in [2.45, 2.75) is 44.6 Å². The summed E-state index contributed by atoms with van der Waals surface area (Å²) in [6.45, 7) is 3.45. The largest absolute Gasteiger partial charge is 0.454 e. The Hall–Kier alpha value is -2.81. The molecule has 0 radical (unpaired) electrons. The van der Waals surface area contributed by atoms with Crippen LogP contribution in [0.25, 0.3) is 0 Å². The topological polar surface area (TPSA) is 97.4 Å². The van der Waals surface area contributed by atoms with Gasteiger partial charge < -0.3 is 29.3 Å². The predicted octanol–water partition coefficient (Wildman–Crippen LogP) is 1.80. The van der Waals surface area contributed by atoms with Crippen LogP contribution < -0.4 is 14.8 Å². The van der Waals surface area contributed by atoms with E-state index in [9.17, 15) is 14.4 Å². The van der Waals surface area contributed by atoms with Crippen molar-refractivity contribution >= 4 is 17.7 Å². The van der Waals surface area contributed by atoms with Crippen molar-refractivity contribution in [2.24, 2.45) is 11.8 Å². The van der Waals surface area contributed by atoms with Gasteiger partial charge in [-0.1, -0.05) is 12.8 Å². The van der Waals surface area contributed by atoms with Gasteiger partial charge >= 0.3 is 0 Å². The number of rotatable bonds is 5. The standard InChI is InChI=1S/C25H33N3O6/c29-23(19-5-6-20-21(15-19)34-16-33-20)26-22(25(31)28-11-13-32-14-12-28)17-7-9-27(10-8-17)24(30)18-3-1-2-4-18/h5-6,15,17-18,22H,1-4,7-14,16H2,(H,26,29)/t22-/m0/s1. The molecule has 3 fully saturated rings. The maximum Gasteiger partial charge on any atom is 0.252 e. The Kier molecular flexibility index (Phi) is 6.89. The summed E-state index contributed by atoms with van der Waals surface area (Å²) in [5, 5.41) is 3.02. The molecule has 9 nitrogen and oxygen atoms in total. The molecule has 0 unspecified atom stereocenters.